The minimum atomic E-state index is -0.722. The molecule has 2 N–H and O–H groups in total. The Bertz CT molecular complexity index is 1170. The first-order valence-electron chi connectivity index (χ1n) is 10.5. The highest BCUT2D eigenvalue weighted by atomic mass is 35.5. The van der Waals surface area contributed by atoms with Gasteiger partial charge in [-0.05, 0) is 60.9 Å². The molecule has 5 rings (SSSR count). The van der Waals surface area contributed by atoms with Crippen molar-refractivity contribution in [3.05, 3.63) is 82.7 Å². The molecular weight excluding hydrogens is 434 g/mol. The normalized spacial score (nSPS) is 19.0. The summed E-state index contributed by atoms with van der Waals surface area (Å²) in [5.41, 5.74) is 10.1. The minimum Gasteiger partial charge on any atom is -0.337 e. The Balaban J connectivity index is 0.00000245. The van der Waals surface area contributed by atoms with Crippen molar-refractivity contribution in [3.8, 4) is 5.69 Å². The Hall–Kier alpha value is -2.77. The maximum absolute atomic E-state index is 14.2. The molecule has 168 valence electrons. The molecule has 0 bridgehead atoms. The predicted molar refractivity (Wildman–Crippen MR) is 120 cm³/mol. The zero-order valence-electron chi connectivity index (χ0n) is 17.7. The van der Waals surface area contributed by atoms with E-state index in [2.05, 4.69) is 17.2 Å². The molecule has 1 fully saturated rings. The molecule has 1 spiro atoms. The quantitative estimate of drug-likeness (QED) is 0.620. The van der Waals surface area contributed by atoms with Gasteiger partial charge in [0.05, 0.1) is 0 Å². The number of benzene rings is 2. The van der Waals surface area contributed by atoms with Crippen molar-refractivity contribution in [3.63, 3.8) is 0 Å². The van der Waals surface area contributed by atoms with Crippen LogP contribution < -0.4 is 5.73 Å². The number of hydrogen-bond donors (Lipinski definition) is 1. The van der Waals surface area contributed by atoms with E-state index in [1.165, 1.54) is 27.9 Å². The summed E-state index contributed by atoms with van der Waals surface area (Å²) in [7, 11) is 0. The number of aryl methyl sites for hydroxylation is 1. The lowest BCUT2D eigenvalue weighted by molar-refractivity contribution is 0.0536. The number of amides is 1. The molecule has 32 heavy (non-hydrogen) atoms. The highest BCUT2D eigenvalue weighted by molar-refractivity contribution is 5.92. The fraction of sp³-hybridized carbons (Fsp3) is 0.333. The van der Waals surface area contributed by atoms with E-state index in [0.29, 0.717) is 18.8 Å². The van der Waals surface area contributed by atoms with Crippen molar-refractivity contribution in [1.29, 1.82) is 0 Å². The average Bonchev–Trinajstić information content (AvgIpc) is 3.27. The topological polar surface area (TPSA) is 64.2 Å². The molecule has 1 atom stereocenters. The van der Waals surface area contributed by atoms with Gasteiger partial charge >= 0.3 is 0 Å². The zero-order chi connectivity index (χ0) is 21.8. The van der Waals surface area contributed by atoms with E-state index in [1.54, 1.807) is 17.9 Å². The van der Waals surface area contributed by atoms with Crippen molar-refractivity contribution in [2.75, 3.05) is 13.1 Å². The third-order valence-electron chi connectivity index (χ3n) is 6.88. The molecule has 2 heterocycles. The number of fused-ring (bicyclic) bond motifs is 1. The molecule has 1 amide bonds. The number of rotatable bonds is 2. The Labute approximate surface area is 191 Å². The number of nitrogens with two attached hydrogens (primary N) is 1. The summed E-state index contributed by atoms with van der Waals surface area (Å²) >= 11 is 0. The number of nitrogens with zero attached hydrogens (tertiary/aromatic N) is 3. The molecule has 1 aliphatic carbocycles. The van der Waals surface area contributed by atoms with Crippen molar-refractivity contribution >= 4 is 18.3 Å². The Morgan fingerprint density at radius 1 is 1.12 bits per heavy atom. The number of hydrogen-bond acceptors (Lipinski definition) is 3. The highest BCUT2D eigenvalue weighted by Crippen LogP contribution is 2.50. The van der Waals surface area contributed by atoms with E-state index in [0.717, 1.165) is 25.3 Å². The van der Waals surface area contributed by atoms with Gasteiger partial charge in [0, 0.05) is 30.9 Å². The summed E-state index contributed by atoms with van der Waals surface area (Å²) in [6.45, 7) is 2.96. The minimum absolute atomic E-state index is 0. The lowest BCUT2D eigenvalue weighted by Gasteiger charge is -2.42. The number of piperidine rings is 1. The first kappa shape index (κ1) is 22.4. The summed E-state index contributed by atoms with van der Waals surface area (Å²) < 4.78 is 28.8. The second kappa shape index (κ2) is 8.30. The van der Waals surface area contributed by atoms with E-state index in [-0.39, 0.29) is 41.2 Å². The number of carbonyl (C=O) groups excluding carboxylic acids is 1. The van der Waals surface area contributed by atoms with Gasteiger partial charge in [-0.25, -0.2) is 13.5 Å². The van der Waals surface area contributed by atoms with E-state index >= 15 is 0 Å². The van der Waals surface area contributed by atoms with Gasteiger partial charge < -0.3 is 10.6 Å². The fourth-order valence-electron chi connectivity index (χ4n) is 5.10. The second-order valence-corrected chi connectivity index (χ2v) is 8.69. The standard InChI is InChI=1S/C24H24F2N4O.ClH/c1-15-12-20(28-30(15)21-7-6-17(25)13-19(21)26)23(31)29-10-8-24(9-11-29)14-16-4-2-3-5-18(16)22(24)27;/h2-7,12-13,22H,8-11,14,27H2,1H3;1H/t22-;/m1./s1. The highest BCUT2D eigenvalue weighted by Gasteiger charge is 2.46. The molecule has 1 saturated heterocycles. The van der Waals surface area contributed by atoms with Gasteiger partial charge in [0.2, 0.25) is 0 Å². The maximum atomic E-state index is 14.2. The molecule has 8 heteroatoms. The summed E-state index contributed by atoms with van der Waals surface area (Å²) in [4.78, 5) is 14.9. The third kappa shape index (κ3) is 3.59. The van der Waals surface area contributed by atoms with Gasteiger partial charge in [-0.15, -0.1) is 12.4 Å². The number of halogens is 3. The van der Waals surface area contributed by atoms with Gasteiger partial charge in [-0.2, -0.15) is 5.10 Å². The predicted octanol–water partition coefficient (Wildman–Crippen LogP) is 4.36. The van der Waals surface area contributed by atoms with Crippen LogP contribution in [0.25, 0.3) is 5.69 Å². The molecule has 0 radical (unpaired) electrons. The molecule has 5 nitrogen and oxygen atoms in total. The van der Waals surface area contributed by atoms with Gasteiger partial charge in [0.25, 0.3) is 5.91 Å². The SMILES string of the molecule is Cc1cc(C(=O)N2CCC3(CC2)Cc2ccccc2[C@H]3N)nn1-c1ccc(F)cc1F.Cl. The van der Waals surface area contributed by atoms with Crippen LogP contribution in [0.4, 0.5) is 8.78 Å². The van der Waals surface area contributed by atoms with Crippen molar-refractivity contribution < 1.29 is 13.6 Å². The zero-order valence-corrected chi connectivity index (χ0v) is 18.5. The lowest BCUT2D eigenvalue weighted by Crippen LogP contribution is -2.46. The summed E-state index contributed by atoms with van der Waals surface area (Å²) in [6.07, 6.45) is 2.62. The molecule has 2 aliphatic rings. The molecule has 1 aliphatic heterocycles. The molecule has 0 saturated carbocycles. The first-order valence-corrected chi connectivity index (χ1v) is 10.5. The Morgan fingerprint density at radius 2 is 1.84 bits per heavy atom. The van der Waals surface area contributed by atoms with Crippen molar-refractivity contribution in [2.45, 2.75) is 32.2 Å². The second-order valence-electron chi connectivity index (χ2n) is 8.69. The Kier molecular flexibility index (Phi) is 5.81. The van der Waals surface area contributed by atoms with Crippen LogP contribution >= 0.6 is 12.4 Å². The van der Waals surface area contributed by atoms with Crippen molar-refractivity contribution in [2.24, 2.45) is 11.1 Å². The lowest BCUT2D eigenvalue weighted by atomic mass is 9.73. The van der Waals surface area contributed by atoms with Gasteiger partial charge in [-0.3, -0.25) is 4.79 Å². The number of aromatic nitrogens is 2. The molecule has 2 aromatic carbocycles. The smallest absolute Gasteiger partial charge is 0.274 e. The number of likely N-dealkylation sites (tertiary alicyclic amines) is 1. The molecule has 0 unspecified atom stereocenters. The largest absolute Gasteiger partial charge is 0.337 e. The van der Waals surface area contributed by atoms with Gasteiger partial charge in [0.15, 0.2) is 11.5 Å². The summed E-state index contributed by atoms with van der Waals surface area (Å²) in [6, 6.07) is 13.3. The third-order valence-corrected chi connectivity index (χ3v) is 6.88. The van der Waals surface area contributed by atoms with Crippen LogP contribution in [0.3, 0.4) is 0 Å². The van der Waals surface area contributed by atoms with Gasteiger partial charge in [0.1, 0.15) is 11.5 Å². The first-order chi connectivity index (χ1) is 14.9. The van der Waals surface area contributed by atoms with Crippen molar-refractivity contribution in [1.82, 2.24) is 14.7 Å². The van der Waals surface area contributed by atoms with E-state index < -0.39 is 11.6 Å². The van der Waals surface area contributed by atoms with Crippen LogP contribution in [-0.4, -0.2) is 33.7 Å². The van der Waals surface area contributed by atoms with Crippen LogP contribution in [0, 0.1) is 24.0 Å². The fourth-order valence-corrected chi connectivity index (χ4v) is 5.10. The number of carbonyl (C=O) groups is 1. The van der Waals surface area contributed by atoms with Crippen LogP contribution in [0.15, 0.2) is 48.5 Å². The van der Waals surface area contributed by atoms with Crippen LogP contribution in [0.1, 0.15) is 46.2 Å². The van der Waals surface area contributed by atoms with Crippen LogP contribution in [-0.2, 0) is 6.42 Å². The summed E-state index contributed by atoms with van der Waals surface area (Å²) in [5.74, 6) is -1.56. The van der Waals surface area contributed by atoms with Gasteiger partial charge in [-0.1, -0.05) is 24.3 Å². The van der Waals surface area contributed by atoms with E-state index in [4.69, 9.17) is 5.73 Å². The molecular formula is C24H25ClF2N4O. The van der Waals surface area contributed by atoms with E-state index in [1.807, 2.05) is 12.1 Å². The molecule has 1 aromatic heterocycles. The average molecular weight is 459 g/mol. The Morgan fingerprint density at radius 3 is 2.53 bits per heavy atom. The monoisotopic (exact) mass is 458 g/mol. The molecule has 3 aromatic rings. The van der Waals surface area contributed by atoms with Crippen LogP contribution in [0.5, 0.6) is 0 Å². The van der Waals surface area contributed by atoms with E-state index in [9.17, 15) is 13.6 Å². The summed E-state index contributed by atoms with van der Waals surface area (Å²) in [5, 5.41) is 4.32. The van der Waals surface area contributed by atoms with Crippen LogP contribution in [0.2, 0.25) is 0 Å². The maximum Gasteiger partial charge on any atom is 0.274 e.